The van der Waals surface area contributed by atoms with Gasteiger partial charge in [-0.3, -0.25) is 4.79 Å². The van der Waals surface area contributed by atoms with Crippen LogP contribution in [0.5, 0.6) is 11.5 Å². The highest BCUT2D eigenvalue weighted by molar-refractivity contribution is 6.09. The van der Waals surface area contributed by atoms with Crippen molar-refractivity contribution in [1.29, 1.82) is 0 Å². The number of esters is 2. The minimum atomic E-state index is -0.568. The summed E-state index contributed by atoms with van der Waals surface area (Å²) in [7, 11) is 1.85. The number of carbonyl (C=O) groups excluding carboxylic acids is 3. The van der Waals surface area contributed by atoms with Crippen molar-refractivity contribution in [1.82, 2.24) is 0 Å². The molecule has 44 heavy (non-hydrogen) atoms. The molecule has 3 rings (SSSR count). The van der Waals surface area contributed by atoms with E-state index in [2.05, 4.69) is 11.9 Å². The monoisotopic (exact) mass is 600 g/mol. The number of ether oxygens (including phenoxy) is 4. The van der Waals surface area contributed by atoms with Crippen LogP contribution in [0.3, 0.4) is 0 Å². The quantitative estimate of drug-likeness (QED) is 0.0574. The zero-order valence-electron chi connectivity index (χ0n) is 25.3. The van der Waals surface area contributed by atoms with Gasteiger partial charge in [0.2, 0.25) is 0 Å². The van der Waals surface area contributed by atoms with Gasteiger partial charge in [0.1, 0.15) is 24.7 Å². The van der Waals surface area contributed by atoms with E-state index >= 15 is 0 Å². The number of ketones is 1. The van der Waals surface area contributed by atoms with E-state index in [1.165, 1.54) is 13.0 Å². The number of hydrogen-bond donors (Lipinski definition) is 2. The van der Waals surface area contributed by atoms with E-state index in [1.807, 2.05) is 25.2 Å². The highest BCUT2D eigenvalue weighted by Gasteiger charge is 2.10. The number of hydrogen-bond acceptors (Lipinski definition) is 9. The molecule has 0 bridgehead atoms. The first kappa shape index (κ1) is 33.5. The minimum Gasteiger partial charge on any atom is -0.494 e. The van der Waals surface area contributed by atoms with Crippen molar-refractivity contribution in [3.05, 3.63) is 102 Å². The van der Waals surface area contributed by atoms with E-state index in [4.69, 9.17) is 24.7 Å². The van der Waals surface area contributed by atoms with Gasteiger partial charge in [-0.2, -0.15) is 0 Å². The molecular weight excluding hydrogens is 560 g/mol. The van der Waals surface area contributed by atoms with E-state index in [-0.39, 0.29) is 24.6 Å². The van der Waals surface area contributed by atoms with Crippen molar-refractivity contribution in [3.8, 4) is 11.5 Å². The van der Waals surface area contributed by atoms with Crippen molar-refractivity contribution in [2.45, 2.75) is 32.6 Å². The second kappa shape index (κ2) is 17.8. The molecule has 0 heterocycles. The fourth-order valence-corrected chi connectivity index (χ4v) is 3.99. The van der Waals surface area contributed by atoms with E-state index < -0.39 is 11.9 Å². The Balaban J connectivity index is 1.32. The molecule has 0 saturated carbocycles. The van der Waals surface area contributed by atoms with Gasteiger partial charge in [0.25, 0.3) is 0 Å². The lowest BCUT2D eigenvalue weighted by Gasteiger charge is -2.10. The molecule has 232 valence electrons. The summed E-state index contributed by atoms with van der Waals surface area (Å²) in [6.07, 6.45) is 6.75. The summed E-state index contributed by atoms with van der Waals surface area (Å²) in [5.41, 5.74) is 9.68. The molecular formula is C35H40N2O7. The zero-order chi connectivity index (χ0) is 31.7. The zero-order valence-corrected chi connectivity index (χ0v) is 25.3. The SMILES string of the molecule is C=C(C)C(=O)OCCOC(=O)/C=C/c1ccc(C(=O)c2ccc(OCCCCCCOc3ccc(NC)cc3N)cc2)cc1. The molecule has 0 amide bonds. The molecule has 9 heteroatoms. The summed E-state index contributed by atoms with van der Waals surface area (Å²) in [5.74, 6) is 0.207. The Kier molecular flexibility index (Phi) is 13.5. The van der Waals surface area contributed by atoms with Crippen LogP contribution < -0.4 is 20.5 Å². The third-order valence-electron chi connectivity index (χ3n) is 6.47. The van der Waals surface area contributed by atoms with Crippen LogP contribution in [0.2, 0.25) is 0 Å². The van der Waals surface area contributed by atoms with Gasteiger partial charge in [0.15, 0.2) is 5.78 Å². The number of nitrogens with two attached hydrogens (primary N) is 1. The number of nitrogens with one attached hydrogen (secondary N) is 1. The number of carbonyl (C=O) groups is 3. The molecule has 0 aliphatic rings. The molecule has 0 radical (unpaired) electrons. The Bertz CT molecular complexity index is 1430. The minimum absolute atomic E-state index is 0.0450. The largest absolute Gasteiger partial charge is 0.494 e. The lowest BCUT2D eigenvalue weighted by atomic mass is 10.0. The molecule has 0 saturated heterocycles. The average Bonchev–Trinajstić information content (AvgIpc) is 3.04. The normalized spacial score (nSPS) is 10.7. The topological polar surface area (TPSA) is 126 Å². The van der Waals surface area contributed by atoms with Crippen LogP contribution in [0.1, 0.15) is 54.1 Å². The number of rotatable bonds is 18. The average molecular weight is 601 g/mol. The first-order valence-electron chi connectivity index (χ1n) is 14.5. The maximum absolute atomic E-state index is 12.9. The van der Waals surface area contributed by atoms with Gasteiger partial charge in [0, 0.05) is 35.5 Å². The van der Waals surface area contributed by atoms with E-state index in [0.717, 1.165) is 36.9 Å². The molecule has 0 aliphatic heterocycles. The molecule has 0 fully saturated rings. The van der Waals surface area contributed by atoms with E-state index in [1.54, 1.807) is 54.6 Å². The second-order valence-corrected chi connectivity index (χ2v) is 10.0. The second-order valence-electron chi connectivity index (χ2n) is 10.0. The number of benzene rings is 3. The Morgan fingerprint density at radius 1 is 0.795 bits per heavy atom. The summed E-state index contributed by atoms with van der Waals surface area (Å²) in [4.78, 5) is 36.0. The van der Waals surface area contributed by atoms with Gasteiger partial charge >= 0.3 is 11.9 Å². The Labute approximate surface area is 258 Å². The van der Waals surface area contributed by atoms with E-state index in [0.29, 0.717) is 41.5 Å². The summed E-state index contributed by atoms with van der Waals surface area (Å²) in [6, 6.07) is 19.7. The maximum atomic E-state index is 12.9. The van der Waals surface area contributed by atoms with Gasteiger partial charge < -0.3 is 30.0 Å². The van der Waals surface area contributed by atoms with Gasteiger partial charge in [-0.05, 0) is 86.7 Å². The van der Waals surface area contributed by atoms with Gasteiger partial charge in [0.05, 0.1) is 18.9 Å². The highest BCUT2D eigenvalue weighted by atomic mass is 16.6. The summed E-state index contributed by atoms with van der Waals surface area (Å²) in [5, 5.41) is 3.05. The van der Waals surface area contributed by atoms with Crippen LogP contribution in [0.25, 0.3) is 6.08 Å². The van der Waals surface area contributed by atoms with Crippen LogP contribution in [-0.4, -0.2) is 51.2 Å². The lowest BCUT2D eigenvalue weighted by molar-refractivity contribution is -0.146. The van der Waals surface area contributed by atoms with Crippen LogP contribution in [-0.2, 0) is 19.1 Å². The molecule has 0 unspecified atom stereocenters. The first-order chi connectivity index (χ1) is 21.3. The van der Waals surface area contributed by atoms with Crippen molar-refractivity contribution < 1.29 is 33.3 Å². The molecule has 9 nitrogen and oxygen atoms in total. The van der Waals surface area contributed by atoms with Crippen LogP contribution in [0, 0.1) is 0 Å². The summed E-state index contributed by atoms with van der Waals surface area (Å²) in [6.45, 7) is 6.12. The third kappa shape index (κ3) is 11.3. The molecule has 0 aromatic heterocycles. The van der Waals surface area contributed by atoms with E-state index in [9.17, 15) is 14.4 Å². The van der Waals surface area contributed by atoms with Crippen molar-refractivity contribution in [2.24, 2.45) is 0 Å². The van der Waals surface area contributed by atoms with Crippen molar-refractivity contribution in [2.75, 3.05) is 44.5 Å². The number of anilines is 2. The standard InChI is InChI=1S/C35H40N2O7/c1-25(2)35(40)44-23-22-43-33(38)19-10-26-8-11-27(12-9-26)34(39)28-13-16-30(17-14-28)41-20-6-4-5-7-21-42-32-18-15-29(37-3)24-31(32)36/h8-19,24,37H,1,4-7,20-23,36H2,2-3H3/b19-10+. The maximum Gasteiger partial charge on any atom is 0.333 e. The Hall–Kier alpha value is -5.05. The smallest absolute Gasteiger partial charge is 0.333 e. The number of unbranched alkanes of at least 4 members (excludes halogenated alkanes) is 3. The molecule has 0 atom stereocenters. The number of nitrogen functional groups attached to an aromatic ring is 1. The Morgan fingerprint density at radius 2 is 1.41 bits per heavy atom. The summed E-state index contributed by atoms with van der Waals surface area (Å²) < 4.78 is 21.5. The van der Waals surface area contributed by atoms with Crippen molar-refractivity contribution in [3.63, 3.8) is 0 Å². The first-order valence-corrected chi connectivity index (χ1v) is 14.5. The van der Waals surface area contributed by atoms with Gasteiger partial charge in [-0.15, -0.1) is 0 Å². The predicted octanol–water partition coefficient (Wildman–Crippen LogP) is 6.24. The van der Waals surface area contributed by atoms with Gasteiger partial charge in [-0.25, -0.2) is 9.59 Å². The molecule has 0 aliphatic carbocycles. The van der Waals surface area contributed by atoms with Crippen molar-refractivity contribution >= 4 is 35.2 Å². The van der Waals surface area contributed by atoms with Gasteiger partial charge in [-0.1, -0.05) is 30.8 Å². The molecule has 0 spiro atoms. The molecule has 3 N–H and O–H groups in total. The fourth-order valence-electron chi connectivity index (χ4n) is 3.99. The van der Waals surface area contributed by atoms with Crippen LogP contribution in [0.15, 0.2) is 85.0 Å². The lowest BCUT2D eigenvalue weighted by Crippen LogP contribution is -2.12. The fraction of sp³-hybridized carbons (Fsp3) is 0.286. The third-order valence-corrected chi connectivity index (χ3v) is 6.47. The molecule has 3 aromatic rings. The predicted molar refractivity (Wildman–Crippen MR) is 172 cm³/mol. The van der Waals surface area contributed by atoms with Crippen LogP contribution >= 0.6 is 0 Å². The summed E-state index contributed by atoms with van der Waals surface area (Å²) >= 11 is 0. The molecule has 3 aromatic carbocycles. The highest BCUT2D eigenvalue weighted by Crippen LogP contribution is 2.25. The Morgan fingerprint density at radius 3 is 2.02 bits per heavy atom. The van der Waals surface area contributed by atoms with Crippen LogP contribution in [0.4, 0.5) is 11.4 Å².